The van der Waals surface area contributed by atoms with E-state index in [1.54, 1.807) is 11.8 Å². The molecule has 1 heterocycles. The molecule has 0 fully saturated rings. The van der Waals surface area contributed by atoms with Crippen molar-refractivity contribution < 1.29 is 0 Å². The van der Waals surface area contributed by atoms with Crippen LogP contribution in [0.2, 0.25) is 0 Å². The summed E-state index contributed by atoms with van der Waals surface area (Å²) in [5.74, 6) is 1.74. The third-order valence-corrected chi connectivity index (χ3v) is 3.28. The van der Waals surface area contributed by atoms with Gasteiger partial charge < -0.3 is 5.73 Å². The topological polar surface area (TPSA) is 51.8 Å². The smallest absolute Gasteiger partial charge is 0.134 e. The molecule has 0 bridgehead atoms. The van der Waals surface area contributed by atoms with Gasteiger partial charge in [0.25, 0.3) is 0 Å². The normalized spacial score (nSPS) is 12.2. The van der Waals surface area contributed by atoms with Crippen molar-refractivity contribution >= 4 is 17.6 Å². The predicted molar refractivity (Wildman–Crippen MR) is 70.9 cm³/mol. The number of anilines is 1. The molecule has 0 radical (unpaired) electrons. The Bertz CT molecular complexity index is 381. The van der Waals surface area contributed by atoms with Crippen molar-refractivity contribution in [1.82, 2.24) is 9.97 Å². The van der Waals surface area contributed by atoms with Crippen LogP contribution in [0.3, 0.4) is 0 Å². The summed E-state index contributed by atoms with van der Waals surface area (Å²) in [5, 5.41) is 1.00. The first-order valence-electron chi connectivity index (χ1n) is 5.53. The Balaban J connectivity index is 3.17. The Morgan fingerprint density at radius 1 is 1.19 bits per heavy atom. The van der Waals surface area contributed by atoms with Crippen LogP contribution in [0.4, 0.5) is 5.82 Å². The standard InChI is InChI=1S/C12H21N3S/c1-7(2)10-14-9(13)8(3)11(15-10)16-12(4,5)6/h7H,1-6H3,(H2,13,14,15). The molecular weight excluding hydrogens is 218 g/mol. The Morgan fingerprint density at radius 3 is 2.19 bits per heavy atom. The molecule has 0 aliphatic rings. The van der Waals surface area contributed by atoms with Crippen LogP contribution < -0.4 is 5.73 Å². The second kappa shape index (κ2) is 4.62. The largest absolute Gasteiger partial charge is 0.383 e. The van der Waals surface area contributed by atoms with Gasteiger partial charge in [0, 0.05) is 16.2 Å². The quantitative estimate of drug-likeness (QED) is 0.635. The molecule has 3 nitrogen and oxygen atoms in total. The molecule has 0 spiro atoms. The number of nitrogens with zero attached hydrogens (tertiary/aromatic N) is 2. The van der Waals surface area contributed by atoms with Crippen LogP contribution >= 0.6 is 11.8 Å². The minimum atomic E-state index is 0.139. The fourth-order valence-electron chi connectivity index (χ4n) is 1.18. The van der Waals surface area contributed by atoms with Gasteiger partial charge in [0.15, 0.2) is 0 Å². The van der Waals surface area contributed by atoms with Crippen molar-refractivity contribution in [3.63, 3.8) is 0 Å². The van der Waals surface area contributed by atoms with E-state index in [4.69, 9.17) is 5.73 Å². The summed E-state index contributed by atoms with van der Waals surface area (Å²) in [6.45, 7) is 12.7. The minimum Gasteiger partial charge on any atom is -0.383 e. The summed E-state index contributed by atoms with van der Waals surface area (Å²) in [7, 11) is 0. The molecule has 0 saturated heterocycles. The van der Waals surface area contributed by atoms with Gasteiger partial charge in [0.05, 0.1) is 0 Å². The lowest BCUT2D eigenvalue weighted by Gasteiger charge is -2.19. The van der Waals surface area contributed by atoms with E-state index in [1.165, 1.54) is 0 Å². The number of rotatable bonds is 2. The third-order valence-electron chi connectivity index (χ3n) is 2.08. The van der Waals surface area contributed by atoms with Gasteiger partial charge in [-0.05, 0) is 6.92 Å². The fourth-order valence-corrected chi connectivity index (χ4v) is 2.15. The predicted octanol–water partition coefficient (Wildman–Crippen LogP) is 3.38. The van der Waals surface area contributed by atoms with Gasteiger partial charge in [-0.15, -0.1) is 11.8 Å². The van der Waals surface area contributed by atoms with Gasteiger partial charge in [-0.1, -0.05) is 34.6 Å². The summed E-state index contributed by atoms with van der Waals surface area (Å²) in [6.07, 6.45) is 0. The molecule has 4 heteroatoms. The van der Waals surface area contributed by atoms with Crippen molar-refractivity contribution in [2.75, 3.05) is 5.73 Å². The van der Waals surface area contributed by atoms with Gasteiger partial charge in [-0.2, -0.15) is 0 Å². The average molecular weight is 239 g/mol. The van der Waals surface area contributed by atoms with Gasteiger partial charge in [-0.25, -0.2) is 9.97 Å². The average Bonchev–Trinajstić information content (AvgIpc) is 2.10. The second-order valence-electron chi connectivity index (χ2n) is 5.27. The van der Waals surface area contributed by atoms with E-state index >= 15 is 0 Å². The first-order valence-corrected chi connectivity index (χ1v) is 6.35. The van der Waals surface area contributed by atoms with Gasteiger partial charge in [0.1, 0.15) is 16.7 Å². The van der Waals surface area contributed by atoms with Crippen LogP contribution in [0.15, 0.2) is 5.03 Å². The van der Waals surface area contributed by atoms with Crippen LogP contribution in [0, 0.1) is 6.92 Å². The van der Waals surface area contributed by atoms with Crippen LogP contribution in [0.1, 0.15) is 51.9 Å². The van der Waals surface area contributed by atoms with E-state index < -0.39 is 0 Å². The Morgan fingerprint density at radius 2 is 1.75 bits per heavy atom. The molecule has 16 heavy (non-hydrogen) atoms. The number of aromatic nitrogens is 2. The van der Waals surface area contributed by atoms with Crippen LogP contribution in [0.5, 0.6) is 0 Å². The molecule has 2 N–H and O–H groups in total. The van der Waals surface area contributed by atoms with Crippen molar-refractivity contribution in [3.8, 4) is 0 Å². The molecule has 0 atom stereocenters. The van der Waals surface area contributed by atoms with Gasteiger partial charge >= 0.3 is 0 Å². The molecule has 0 aliphatic heterocycles. The Kier molecular flexibility index (Phi) is 3.84. The number of thioether (sulfide) groups is 1. The van der Waals surface area contributed by atoms with E-state index in [1.807, 2.05) is 6.92 Å². The molecule has 1 rings (SSSR count). The lowest BCUT2D eigenvalue weighted by Crippen LogP contribution is -2.11. The van der Waals surface area contributed by atoms with Crippen molar-refractivity contribution in [2.24, 2.45) is 0 Å². The second-order valence-corrected chi connectivity index (χ2v) is 7.08. The van der Waals surface area contributed by atoms with Crippen LogP contribution in [-0.4, -0.2) is 14.7 Å². The first-order chi connectivity index (χ1) is 7.20. The number of hydrogen-bond donors (Lipinski definition) is 1. The SMILES string of the molecule is Cc1c(N)nc(C(C)C)nc1SC(C)(C)C. The molecule has 0 aromatic carbocycles. The van der Waals surface area contributed by atoms with E-state index in [-0.39, 0.29) is 4.75 Å². The van der Waals surface area contributed by atoms with Gasteiger partial charge in [-0.3, -0.25) is 0 Å². The minimum absolute atomic E-state index is 0.139. The van der Waals surface area contributed by atoms with Crippen LogP contribution in [-0.2, 0) is 0 Å². The molecule has 1 aromatic rings. The lowest BCUT2D eigenvalue weighted by molar-refractivity contribution is 0.743. The molecular formula is C12H21N3S. The zero-order valence-electron chi connectivity index (χ0n) is 11.0. The van der Waals surface area contributed by atoms with Crippen molar-refractivity contribution in [2.45, 2.75) is 57.2 Å². The highest BCUT2D eigenvalue weighted by molar-refractivity contribution is 8.00. The molecule has 0 amide bonds. The summed E-state index contributed by atoms with van der Waals surface area (Å²) in [6, 6.07) is 0. The Labute approximate surface area is 102 Å². The van der Waals surface area contributed by atoms with Gasteiger partial charge in [0.2, 0.25) is 0 Å². The maximum atomic E-state index is 5.91. The van der Waals surface area contributed by atoms with E-state index in [2.05, 4.69) is 44.6 Å². The molecule has 0 saturated carbocycles. The summed E-state index contributed by atoms with van der Waals surface area (Å²) >= 11 is 1.74. The molecule has 1 aromatic heterocycles. The monoisotopic (exact) mass is 239 g/mol. The van der Waals surface area contributed by atoms with E-state index in [0.29, 0.717) is 11.7 Å². The zero-order valence-corrected chi connectivity index (χ0v) is 11.8. The highest BCUT2D eigenvalue weighted by Gasteiger charge is 2.18. The third kappa shape index (κ3) is 3.37. The molecule has 0 unspecified atom stereocenters. The van der Waals surface area contributed by atoms with E-state index in [9.17, 15) is 0 Å². The molecule has 0 aliphatic carbocycles. The zero-order chi connectivity index (χ0) is 12.5. The Hall–Kier alpha value is -0.770. The lowest BCUT2D eigenvalue weighted by atomic mass is 10.2. The van der Waals surface area contributed by atoms with Crippen LogP contribution in [0.25, 0.3) is 0 Å². The highest BCUT2D eigenvalue weighted by atomic mass is 32.2. The van der Waals surface area contributed by atoms with Crippen molar-refractivity contribution in [1.29, 1.82) is 0 Å². The maximum absolute atomic E-state index is 5.91. The molecule has 90 valence electrons. The summed E-state index contributed by atoms with van der Waals surface area (Å²) in [4.78, 5) is 8.91. The number of nitrogen functional groups attached to an aromatic ring is 1. The number of hydrogen-bond acceptors (Lipinski definition) is 4. The fraction of sp³-hybridized carbons (Fsp3) is 0.667. The highest BCUT2D eigenvalue weighted by Crippen LogP contribution is 2.34. The summed E-state index contributed by atoms with van der Waals surface area (Å²) in [5.41, 5.74) is 6.90. The van der Waals surface area contributed by atoms with Crippen molar-refractivity contribution in [3.05, 3.63) is 11.4 Å². The summed E-state index contributed by atoms with van der Waals surface area (Å²) < 4.78 is 0.139. The number of nitrogens with two attached hydrogens (primary N) is 1. The van der Waals surface area contributed by atoms with E-state index in [0.717, 1.165) is 16.4 Å². The maximum Gasteiger partial charge on any atom is 0.134 e. The first kappa shape index (κ1) is 13.3.